The highest BCUT2D eigenvalue weighted by Gasteiger charge is 2.13. The maximum atomic E-state index is 12.1. The van der Waals surface area contributed by atoms with Gasteiger partial charge in [-0.15, -0.1) is 0 Å². The predicted octanol–water partition coefficient (Wildman–Crippen LogP) is 3.50. The van der Waals surface area contributed by atoms with E-state index in [-0.39, 0.29) is 11.8 Å². The summed E-state index contributed by atoms with van der Waals surface area (Å²) in [5.74, 6) is 0.639. The second-order valence-corrected chi connectivity index (χ2v) is 4.32. The van der Waals surface area contributed by atoms with Crippen LogP contribution in [0.3, 0.4) is 0 Å². The topological polar surface area (TPSA) is 68.3 Å². The number of anilines is 1. The fourth-order valence-corrected chi connectivity index (χ4v) is 1.88. The molecule has 0 saturated heterocycles. The molecule has 20 heavy (non-hydrogen) atoms. The Hall–Kier alpha value is -2.82. The maximum absolute atomic E-state index is 12.1. The van der Waals surface area contributed by atoms with Crippen LogP contribution < -0.4 is 5.32 Å². The number of benzene rings is 1. The Morgan fingerprint density at radius 3 is 2.80 bits per heavy atom. The molecule has 0 radical (unpaired) electrons. The third-order valence-corrected chi connectivity index (χ3v) is 2.91. The first kappa shape index (κ1) is 12.2. The number of aromatic nitrogens is 1. The molecule has 0 atom stereocenters. The molecule has 5 heteroatoms. The van der Waals surface area contributed by atoms with Crippen LogP contribution in [0.1, 0.15) is 15.9 Å². The minimum atomic E-state index is -0.231. The molecule has 0 aliphatic carbocycles. The lowest BCUT2D eigenvalue weighted by Crippen LogP contribution is -2.12. The molecule has 1 amide bonds. The zero-order valence-corrected chi connectivity index (χ0v) is 10.8. The van der Waals surface area contributed by atoms with Gasteiger partial charge in [-0.2, -0.15) is 0 Å². The number of carbonyl (C=O) groups excluding carboxylic acids is 1. The first-order valence-corrected chi connectivity index (χ1v) is 6.11. The SMILES string of the molecule is Cc1ccccc1C(=O)Nc1cc(-c2ccco2)no1. The fourth-order valence-electron chi connectivity index (χ4n) is 1.88. The third kappa shape index (κ3) is 2.33. The number of hydrogen-bond acceptors (Lipinski definition) is 4. The molecule has 0 unspecified atom stereocenters. The quantitative estimate of drug-likeness (QED) is 0.789. The van der Waals surface area contributed by atoms with E-state index in [0.717, 1.165) is 5.56 Å². The minimum absolute atomic E-state index is 0.231. The number of nitrogens with one attached hydrogen (secondary N) is 1. The van der Waals surface area contributed by atoms with Gasteiger partial charge in [0.15, 0.2) is 11.5 Å². The van der Waals surface area contributed by atoms with E-state index in [9.17, 15) is 4.79 Å². The van der Waals surface area contributed by atoms with E-state index in [1.807, 2.05) is 25.1 Å². The zero-order valence-electron chi connectivity index (χ0n) is 10.8. The summed E-state index contributed by atoms with van der Waals surface area (Å²) < 4.78 is 10.3. The number of rotatable bonds is 3. The Morgan fingerprint density at radius 1 is 1.20 bits per heavy atom. The molecule has 0 saturated carbocycles. The summed E-state index contributed by atoms with van der Waals surface area (Å²) in [5.41, 5.74) is 2.04. The van der Waals surface area contributed by atoms with Crippen molar-refractivity contribution in [2.75, 3.05) is 5.32 Å². The van der Waals surface area contributed by atoms with Gasteiger partial charge in [0, 0.05) is 11.6 Å². The molecule has 0 aliphatic heterocycles. The Balaban J connectivity index is 1.79. The fraction of sp³-hybridized carbons (Fsp3) is 0.0667. The van der Waals surface area contributed by atoms with Gasteiger partial charge in [0.1, 0.15) is 0 Å². The van der Waals surface area contributed by atoms with E-state index in [0.29, 0.717) is 17.0 Å². The highest BCUT2D eigenvalue weighted by Crippen LogP contribution is 2.22. The molecular weight excluding hydrogens is 256 g/mol. The summed E-state index contributed by atoms with van der Waals surface area (Å²) in [6, 6.07) is 12.5. The standard InChI is InChI=1S/C15H12N2O3/c1-10-5-2-3-6-11(10)15(18)16-14-9-12(17-20-14)13-7-4-8-19-13/h2-9H,1H3,(H,16,18). The molecule has 3 rings (SSSR count). The minimum Gasteiger partial charge on any atom is -0.463 e. The molecule has 0 spiro atoms. The van der Waals surface area contributed by atoms with Crippen LogP contribution in [0, 0.1) is 6.92 Å². The molecule has 1 aromatic carbocycles. The lowest BCUT2D eigenvalue weighted by Gasteiger charge is -2.03. The molecule has 2 aromatic heterocycles. The highest BCUT2D eigenvalue weighted by molar-refractivity contribution is 6.04. The molecule has 2 heterocycles. The van der Waals surface area contributed by atoms with Crippen LogP contribution in [0.2, 0.25) is 0 Å². The summed E-state index contributed by atoms with van der Waals surface area (Å²) in [5, 5.41) is 6.52. The average molecular weight is 268 g/mol. The van der Waals surface area contributed by atoms with Crippen molar-refractivity contribution in [2.45, 2.75) is 6.92 Å². The summed E-state index contributed by atoms with van der Waals surface area (Å²) in [6.07, 6.45) is 1.55. The van der Waals surface area contributed by atoms with Crippen LogP contribution in [-0.4, -0.2) is 11.1 Å². The molecular formula is C15H12N2O3. The van der Waals surface area contributed by atoms with Gasteiger partial charge >= 0.3 is 0 Å². The summed E-state index contributed by atoms with van der Waals surface area (Å²) >= 11 is 0. The zero-order chi connectivity index (χ0) is 13.9. The molecule has 0 bridgehead atoms. The van der Waals surface area contributed by atoms with Gasteiger partial charge in [-0.05, 0) is 30.7 Å². The number of amides is 1. The molecule has 1 N–H and O–H groups in total. The number of furan rings is 1. The van der Waals surface area contributed by atoms with E-state index in [1.54, 1.807) is 30.5 Å². The smallest absolute Gasteiger partial charge is 0.258 e. The average Bonchev–Trinajstić information content (AvgIpc) is 3.09. The van der Waals surface area contributed by atoms with Gasteiger partial charge in [-0.1, -0.05) is 23.4 Å². The van der Waals surface area contributed by atoms with E-state index in [1.165, 1.54) is 0 Å². The first-order valence-electron chi connectivity index (χ1n) is 6.11. The van der Waals surface area contributed by atoms with Crippen molar-refractivity contribution in [1.29, 1.82) is 0 Å². The van der Waals surface area contributed by atoms with Crippen LogP contribution in [-0.2, 0) is 0 Å². The third-order valence-electron chi connectivity index (χ3n) is 2.91. The maximum Gasteiger partial charge on any atom is 0.258 e. The predicted molar refractivity (Wildman–Crippen MR) is 73.3 cm³/mol. The summed E-state index contributed by atoms with van der Waals surface area (Å²) in [7, 11) is 0. The van der Waals surface area contributed by atoms with Gasteiger partial charge in [0.05, 0.1) is 6.26 Å². The van der Waals surface area contributed by atoms with E-state index < -0.39 is 0 Å². The number of carbonyl (C=O) groups is 1. The van der Waals surface area contributed by atoms with Crippen LogP contribution in [0.4, 0.5) is 5.88 Å². The summed E-state index contributed by atoms with van der Waals surface area (Å²) in [6.45, 7) is 1.88. The molecule has 5 nitrogen and oxygen atoms in total. The van der Waals surface area contributed by atoms with Gasteiger partial charge in [0.25, 0.3) is 5.91 Å². The molecule has 0 fully saturated rings. The van der Waals surface area contributed by atoms with Crippen LogP contribution in [0.25, 0.3) is 11.5 Å². The normalized spacial score (nSPS) is 10.4. The van der Waals surface area contributed by atoms with Crippen molar-refractivity contribution in [3.05, 3.63) is 59.9 Å². The second kappa shape index (κ2) is 5.05. The van der Waals surface area contributed by atoms with Crippen molar-refractivity contribution < 1.29 is 13.7 Å². The lowest BCUT2D eigenvalue weighted by molar-refractivity contribution is 0.102. The Morgan fingerprint density at radius 2 is 2.05 bits per heavy atom. The van der Waals surface area contributed by atoms with E-state index in [2.05, 4.69) is 10.5 Å². The van der Waals surface area contributed by atoms with Gasteiger partial charge in [-0.25, -0.2) is 0 Å². The molecule has 0 aliphatic rings. The lowest BCUT2D eigenvalue weighted by atomic mass is 10.1. The van der Waals surface area contributed by atoms with Crippen molar-refractivity contribution >= 4 is 11.8 Å². The Bertz CT molecular complexity index is 729. The first-order chi connectivity index (χ1) is 9.74. The second-order valence-electron chi connectivity index (χ2n) is 4.32. The van der Waals surface area contributed by atoms with Crippen LogP contribution in [0.5, 0.6) is 0 Å². The van der Waals surface area contributed by atoms with E-state index in [4.69, 9.17) is 8.94 Å². The van der Waals surface area contributed by atoms with Crippen molar-refractivity contribution in [3.8, 4) is 11.5 Å². The number of hydrogen-bond donors (Lipinski definition) is 1. The Kier molecular flexibility index (Phi) is 3.09. The van der Waals surface area contributed by atoms with Crippen LogP contribution >= 0.6 is 0 Å². The van der Waals surface area contributed by atoms with E-state index >= 15 is 0 Å². The van der Waals surface area contributed by atoms with Crippen LogP contribution in [0.15, 0.2) is 57.7 Å². The molecule has 3 aromatic rings. The monoisotopic (exact) mass is 268 g/mol. The molecule has 100 valence electrons. The van der Waals surface area contributed by atoms with Crippen molar-refractivity contribution in [2.24, 2.45) is 0 Å². The van der Waals surface area contributed by atoms with Gasteiger partial charge in [-0.3, -0.25) is 10.1 Å². The largest absolute Gasteiger partial charge is 0.463 e. The summed E-state index contributed by atoms with van der Waals surface area (Å²) in [4.78, 5) is 12.1. The van der Waals surface area contributed by atoms with Gasteiger partial charge in [0.2, 0.25) is 5.88 Å². The number of nitrogens with zero attached hydrogens (tertiary/aromatic N) is 1. The highest BCUT2D eigenvalue weighted by atomic mass is 16.5. The van der Waals surface area contributed by atoms with Gasteiger partial charge < -0.3 is 8.94 Å². The number of aryl methyl sites for hydroxylation is 1. The Labute approximate surface area is 115 Å². The van der Waals surface area contributed by atoms with Crippen molar-refractivity contribution in [1.82, 2.24) is 5.16 Å². The van der Waals surface area contributed by atoms with Crippen molar-refractivity contribution in [3.63, 3.8) is 0 Å².